The van der Waals surface area contributed by atoms with E-state index in [9.17, 15) is 9.59 Å². The first-order valence-corrected chi connectivity index (χ1v) is 10.4. The summed E-state index contributed by atoms with van der Waals surface area (Å²) >= 11 is 0. The molecular formula is C24H26N4O4. The Balaban J connectivity index is 1.58. The number of aryl methyl sites for hydroxylation is 1. The van der Waals surface area contributed by atoms with Gasteiger partial charge >= 0.3 is 0 Å². The molecule has 1 N–H and O–H groups in total. The highest BCUT2D eigenvalue weighted by molar-refractivity contribution is 6.08. The molecule has 4 rings (SSSR count). The van der Waals surface area contributed by atoms with Gasteiger partial charge in [0.05, 0.1) is 25.9 Å². The number of para-hydroxylation sites is 1. The number of amides is 1. The molecule has 166 valence electrons. The van der Waals surface area contributed by atoms with E-state index >= 15 is 0 Å². The zero-order valence-electron chi connectivity index (χ0n) is 18.6. The maximum atomic E-state index is 13.0. The maximum absolute atomic E-state index is 13.0. The largest absolute Gasteiger partial charge is 0.493 e. The van der Waals surface area contributed by atoms with Crippen molar-refractivity contribution in [1.29, 1.82) is 0 Å². The number of nitrogens with one attached hydrogen (secondary N) is 1. The molecule has 8 heteroatoms. The summed E-state index contributed by atoms with van der Waals surface area (Å²) in [4.78, 5) is 25.9. The van der Waals surface area contributed by atoms with E-state index < -0.39 is 6.04 Å². The van der Waals surface area contributed by atoms with Gasteiger partial charge in [0.25, 0.3) is 5.56 Å². The minimum atomic E-state index is -0.571. The molecule has 1 atom stereocenters. The quantitative estimate of drug-likeness (QED) is 0.483. The fourth-order valence-corrected chi connectivity index (χ4v) is 4.02. The molecule has 2 heterocycles. The molecular weight excluding hydrogens is 408 g/mol. The zero-order chi connectivity index (χ0) is 22.8. The second-order valence-corrected chi connectivity index (χ2v) is 7.63. The molecule has 0 aliphatic heterocycles. The molecule has 0 saturated carbocycles. The zero-order valence-corrected chi connectivity index (χ0v) is 18.6. The van der Waals surface area contributed by atoms with Gasteiger partial charge in [-0.2, -0.15) is 5.10 Å². The van der Waals surface area contributed by atoms with Crippen LogP contribution in [0.5, 0.6) is 11.5 Å². The van der Waals surface area contributed by atoms with Gasteiger partial charge in [-0.1, -0.05) is 24.3 Å². The summed E-state index contributed by atoms with van der Waals surface area (Å²) in [5.74, 6) is 1.16. The Morgan fingerprint density at radius 3 is 2.59 bits per heavy atom. The van der Waals surface area contributed by atoms with Gasteiger partial charge in [-0.05, 0) is 37.1 Å². The second kappa shape index (κ2) is 8.74. The Bertz CT molecular complexity index is 1360. The highest BCUT2D eigenvalue weighted by Crippen LogP contribution is 2.30. The average Bonchev–Trinajstić information content (AvgIpc) is 3.15. The first kappa shape index (κ1) is 21.4. The number of carbonyl (C=O) groups excluding carboxylic acids is 1. The monoisotopic (exact) mass is 434 g/mol. The molecule has 2 aromatic carbocycles. The first-order valence-electron chi connectivity index (χ1n) is 10.4. The van der Waals surface area contributed by atoms with Crippen molar-refractivity contribution in [2.24, 2.45) is 7.05 Å². The molecule has 32 heavy (non-hydrogen) atoms. The number of carbonyl (C=O) groups is 1. The Kier molecular flexibility index (Phi) is 5.85. The Morgan fingerprint density at radius 2 is 1.84 bits per heavy atom. The lowest BCUT2D eigenvalue weighted by Gasteiger charge is -2.17. The van der Waals surface area contributed by atoms with Crippen LogP contribution in [-0.4, -0.2) is 41.0 Å². The molecule has 1 amide bonds. The van der Waals surface area contributed by atoms with Crippen LogP contribution in [0.15, 0.2) is 53.5 Å². The number of fused-ring (bicyclic) bond motifs is 3. The first-order chi connectivity index (χ1) is 15.5. The van der Waals surface area contributed by atoms with Crippen molar-refractivity contribution in [2.45, 2.75) is 19.4 Å². The molecule has 0 unspecified atom stereocenters. The molecule has 0 spiro atoms. The van der Waals surface area contributed by atoms with Crippen molar-refractivity contribution in [2.75, 3.05) is 20.8 Å². The normalized spacial score (nSPS) is 12.1. The van der Waals surface area contributed by atoms with Gasteiger partial charge in [-0.25, -0.2) is 4.68 Å². The summed E-state index contributed by atoms with van der Waals surface area (Å²) in [5, 5.41) is 8.79. The van der Waals surface area contributed by atoms with Crippen molar-refractivity contribution in [3.63, 3.8) is 0 Å². The fourth-order valence-electron chi connectivity index (χ4n) is 4.02. The summed E-state index contributed by atoms with van der Waals surface area (Å²) < 4.78 is 13.7. The van der Waals surface area contributed by atoms with E-state index in [2.05, 4.69) is 10.4 Å². The SMILES string of the molecule is COc1ccc(CCNC(=O)[C@H](C)n2c3ccccc3c3cnn(C)c(=O)c32)cc1OC. The van der Waals surface area contributed by atoms with Crippen LogP contribution in [0, 0.1) is 0 Å². The number of aromatic nitrogens is 3. The molecule has 2 aromatic heterocycles. The molecule has 0 aliphatic rings. The Hall–Kier alpha value is -3.81. The van der Waals surface area contributed by atoms with E-state index in [0.29, 0.717) is 30.0 Å². The van der Waals surface area contributed by atoms with Gasteiger partial charge in [0, 0.05) is 24.4 Å². The fraction of sp³-hybridized carbons (Fsp3) is 0.292. The van der Waals surface area contributed by atoms with Gasteiger partial charge in [0.15, 0.2) is 11.5 Å². The number of benzene rings is 2. The smallest absolute Gasteiger partial charge is 0.291 e. The van der Waals surface area contributed by atoms with Crippen LogP contribution >= 0.6 is 0 Å². The number of hydrogen-bond acceptors (Lipinski definition) is 5. The highest BCUT2D eigenvalue weighted by atomic mass is 16.5. The molecule has 4 aromatic rings. The lowest BCUT2D eigenvalue weighted by Crippen LogP contribution is -2.33. The van der Waals surface area contributed by atoms with E-state index in [4.69, 9.17) is 9.47 Å². The lowest BCUT2D eigenvalue weighted by molar-refractivity contribution is -0.123. The summed E-state index contributed by atoms with van der Waals surface area (Å²) in [6.45, 7) is 2.26. The third kappa shape index (κ3) is 3.68. The number of methoxy groups -OCH3 is 2. The van der Waals surface area contributed by atoms with Gasteiger partial charge in [0.1, 0.15) is 11.6 Å². The van der Waals surface area contributed by atoms with Crippen LogP contribution in [0.1, 0.15) is 18.5 Å². The molecule has 8 nitrogen and oxygen atoms in total. The van der Waals surface area contributed by atoms with Crippen LogP contribution in [0.4, 0.5) is 0 Å². The van der Waals surface area contributed by atoms with Crippen LogP contribution in [0.3, 0.4) is 0 Å². The molecule has 0 radical (unpaired) electrons. The molecule has 0 bridgehead atoms. The summed E-state index contributed by atoms with van der Waals surface area (Å²) in [5.41, 5.74) is 2.09. The van der Waals surface area contributed by atoms with Crippen LogP contribution < -0.4 is 20.3 Å². The maximum Gasteiger partial charge on any atom is 0.291 e. The van der Waals surface area contributed by atoms with E-state index in [1.54, 1.807) is 39.0 Å². The van der Waals surface area contributed by atoms with E-state index in [1.165, 1.54) is 4.68 Å². The van der Waals surface area contributed by atoms with E-state index in [0.717, 1.165) is 21.9 Å². The topological polar surface area (TPSA) is 87.4 Å². The summed E-state index contributed by atoms with van der Waals surface area (Å²) in [7, 11) is 4.80. The lowest BCUT2D eigenvalue weighted by atomic mass is 10.1. The number of hydrogen-bond donors (Lipinski definition) is 1. The predicted molar refractivity (Wildman–Crippen MR) is 123 cm³/mol. The highest BCUT2D eigenvalue weighted by Gasteiger charge is 2.23. The van der Waals surface area contributed by atoms with Crippen molar-refractivity contribution in [1.82, 2.24) is 19.7 Å². The molecule has 0 fully saturated rings. The van der Waals surface area contributed by atoms with Gasteiger partial charge in [-0.3, -0.25) is 9.59 Å². The van der Waals surface area contributed by atoms with Crippen molar-refractivity contribution >= 4 is 27.7 Å². The van der Waals surface area contributed by atoms with E-state index in [-0.39, 0.29) is 11.5 Å². The summed E-state index contributed by atoms with van der Waals surface area (Å²) in [6.07, 6.45) is 2.31. The molecule has 0 aliphatic carbocycles. The third-order valence-corrected chi connectivity index (χ3v) is 5.73. The Morgan fingerprint density at radius 1 is 1.09 bits per heavy atom. The van der Waals surface area contributed by atoms with Crippen molar-refractivity contribution < 1.29 is 14.3 Å². The number of ether oxygens (including phenoxy) is 2. The number of nitrogens with zero attached hydrogens (tertiary/aromatic N) is 3. The van der Waals surface area contributed by atoms with Crippen molar-refractivity contribution in [3.8, 4) is 11.5 Å². The van der Waals surface area contributed by atoms with Crippen LogP contribution in [-0.2, 0) is 18.3 Å². The van der Waals surface area contributed by atoms with Gasteiger partial charge in [0.2, 0.25) is 5.91 Å². The summed E-state index contributed by atoms with van der Waals surface area (Å²) in [6, 6.07) is 12.8. The van der Waals surface area contributed by atoms with Gasteiger partial charge < -0.3 is 19.4 Å². The Labute approximate surface area is 185 Å². The van der Waals surface area contributed by atoms with Crippen molar-refractivity contribution in [3.05, 3.63) is 64.6 Å². The third-order valence-electron chi connectivity index (χ3n) is 5.73. The minimum Gasteiger partial charge on any atom is -0.493 e. The second-order valence-electron chi connectivity index (χ2n) is 7.63. The standard InChI is InChI=1S/C24H26N4O4/c1-15(23(29)25-12-11-16-9-10-20(31-3)21(13-16)32-4)28-19-8-6-5-7-17(19)18-14-26-27(2)24(30)22(18)28/h5-10,13-15H,11-12H2,1-4H3,(H,25,29)/t15-/m0/s1. The van der Waals surface area contributed by atoms with E-state index in [1.807, 2.05) is 42.5 Å². The molecule has 0 saturated heterocycles. The number of rotatable bonds is 7. The van der Waals surface area contributed by atoms with Crippen LogP contribution in [0.2, 0.25) is 0 Å². The predicted octanol–water partition coefficient (Wildman–Crippen LogP) is 2.83. The van der Waals surface area contributed by atoms with Gasteiger partial charge in [-0.15, -0.1) is 0 Å². The van der Waals surface area contributed by atoms with Crippen LogP contribution in [0.25, 0.3) is 21.8 Å². The minimum absolute atomic E-state index is 0.160. The average molecular weight is 434 g/mol.